The van der Waals surface area contributed by atoms with E-state index in [4.69, 9.17) is 10.8 Å². The molecule has 1 rings (SSSR count). The van der Waals surface area contributed by atoms with E-state index in [9.17, 15) is 4.79 Å². The van der Waals surface area contributed by atoms with Gasteiger partial charge in [-0.05, 0) is 12.3 Å². The maximum atomic E-state index is 10.6. The van der Waals surface area contributed by atoms with Crippen LogP contribution in [0.3, 0.4) is 0 Å². The summed E-state index contributed by atoms with van der Waals surface area (Å²) < 4.78 is 0. The van der Waals surface area contributed by atoms with Crippen molar-refractivity contribution in [3.63, 3.8) is 0 Å². The predicted octanol–water partition coefficient (Wildman–Crippen LogP) is 0.611. The van der Waals surface area contributed by atoms with Crippen LogP contribution >= 0.6 is 0 Å². The fourth-order valence-corrected chi connectivity index (χ4v) is 1.35. The Bertz CT molecular complexity index is 189. The van der Waals surface area contributed by atoms with Crippen molar-refractivity contribution in [3.05, 3.63) is 12.2 Å². The first-order valence-electron chi connectivity index (χ1n) is 3.78. The zero-order chi connectivity index (χ0) is 8.43. The van der Waals surface area contributed by atoms with Gasteiger partial charge in [0.2, 0.25) is 0 Å². The first kappa shape index (κ1) is 8.27. The van der Waals surface area contributed by atoms with Crippen molar-refractivity contribution < 1.29 is 9.90 Å². The molecule has 1 aliphatic carbocycles. The summed E-state index contributed by atoms with van der Waals surface area (Å²) in [6, 6.07) is -0.302. The molecule has 0 radical (unpaired) electrons. The fourth-order valence-electron chi connectivity index (χ4n) is 1.35. The third-order valence-electron chi connectivity index (χ3n) is 2.07. The Morgan fingerprint density at radius 3 is 2.73 bits per heavy atom. The molecule has 0 aromatic heterocycles. The summed E-state index contributed by atoms with van der Waals surface area (Å²) in [5, 5.41) is 8.71. The summed E-state index contributed by atoms with van der Waals surface area (Å²) in [6.45, 7) is 2.00. The van der Waals surface area contributed by atoms with E-state index in [1.54, 1.807) is 6.08 Å². The van der Waals surface area contributed by atoms with Gasteiger partial charge in [0.1, 0.15) is 0 Å². The lowest BCUT2D eigenvalue weighted by atomic mass is 9.85. The van der Waals surface area contributed by atoms with Crippen LogP contribution in [0.2, 0.25) is 0 Å². The summed E-state index contributed by atoms with van der Waals surface area (Å²) in [6.07, 6.45) is 4.42. The van der Waals surface area contributed by atoms with Crippen LogP contribution in [0, 0.1) is 11.8 Å². The maximum absolute atomic E-state index is 10.6. The average molecular weight is 155 g/mol. The van der Waals surface area contributed by atoms with E-state index in [1.165, 1.54) is 0 Å². The first-order valence-corrected chi connectivity index (χ1v) is 3.78. The Morgan fingerprint density at radius 2 is 2.27 bits per heavy atom. The van der Waals surface area contributed by atoms with Crippen molar-refractivity contribution in [1.82, 2.24) is 0 Å². The third kappa shape index (κ3) is 1.80. The van der Waals surface area contributed by atoms with Gasteiger partial charge in [-0.1, -0.05) is 19.1 Å². The van der Waals surface area contributed by atoms with Crippen molar-refractivity contribution in [2.24, 2.45) is 17.6 Å². The number of carboxylic acids is 1. The Labute approximate surface area is 65.9 Å². The quantitative estimate of drug-likeness (QED) is 0.545. The van der Waals surface area contributed by atoms with E-state index >= 15 is 0 Å². The van der Waals surface area contributed by atoms with Crippen LogP contribution in [0.15, 0.2) is 12.2 Å². The highest BCUT2D eigenvalue weighted by molar-refractivity contribution is 5.71. The number of aliphatic carboxylic acids is 1. The molecule has 3 unspecified atom stereocenters. The molecule has 0 spiro atoms. The summed E-state index contributed by atoms with van der Waals surface area (Å²) in [4.78, 5) is 10.6. The molecule has 0 amide bonds. The van der Waals surface area contributed by atoms with E-state index in [0.717, 1.165) is 0 Å². The van der Waals surface area contributed by atoms with Gasteiger partial charge in [-0.15, -0.1) is 0 Å². The van der Waals surface area contributed by atoms with Gasteiger partial charge in [-0.2, -0.15) is 0 Å². The van der Waals surface area contributed by atoms with Crippen LogP contribution in [0.4, 0.5) is 0 Å². The van der Waals surface area contributed by atoms with E-state index < -0.39 is 11.9 Å². The molecule has 1 aliphatic rings. The van der Waals surface area contributed by atoms with Gasteiger partial charge in [-0.25, -0.2) is 0 Å². The number of allylic oxidation sites excluding steroid dienone is 1. The second kappa shape index (κ2) is 3.05. The van der Waals surface area contributed by atoms with E-state index in [0.29, 0.717) is 12.3 Å². The molecule has 0 aromatic carbocycles. The Kier molecular flexibility index (Phi) is 2.29. The van der Waals surface area contributed by atoms with Crippen LogP contribution in [0.5, 0.6) is 0 Å². The van der Waals surface area contributed by atoms with Crippen LogP contribution in [0.1, 0.15) is 13.3 Å². The van der Waals surface area contributed by atoms with Gasteiger partial charge in [0.25, 0.3) is 0 Å². The Balaban J connectivity index is 2.68. The largest absolute Gasteiger partial charge is 0.481 e. The van der Waals surface area contributed by atoms with Crippen LogP contribution in [-0.4, -0.2) is 17.1 Å². The summed E-state index contributed by atoms with van der Waals surface area (Å²) in [7, 11) is 0. The summed E-state index contributed by atoms with van der Waals surface area (Å²) in [5.41, 5.74) is 5.57. The molecule has 0 saturated heterocycles. The zero-order valence-electron chi connectivity index (χ0n) is 6.53. The minimum Gasteiger partial charge on any atom is -0.481 e. The van der Waals surface area contributed by atoms with Gasteiger partial charge >= 0.3 is 5.97 Å². The topological polar surface area (TPSA) is 63.3 Å². The third-order valence-corrected chi connectivity index (χ3v) is 2.07. The molecule has 11 heavy (non-hydrogen) atoms. The number of hydrogen-bond acceptors (Lipinski definition) is 2. The van der Waals surface area contributed by atoms with Gasteiger partial charge in [0.15, 0.2) is 0 Å². The lowest BCUT2D eigenvalue weighted by Crippen LogP contribution is -2.37. The molecule has 62 valence electrons. The van der Waals surface area contributed by atoms with Crippen molar-refractivity contribution >= 4 is 5.97 Å². The van der Waals surface area contributed by atoms with Crippen LogP contribution < -0.4 is 5.73 Å². The summed E-state index contributed by atoms with van der Waals surface area (Å²) >= 11 is 0. The zero-order valence-corrected chi connectivity index (χ0v) is 6.53. The Morgan fingerprint density at radius 1 is 1.64 bits per heavy atom. The molecule has 0 fully saturated rings. The van der Waals surface area contributed by atoms with Crippen LogP contribution in [0.25, 0.3) is 0 Å². The average Bonchev–Trinajstić information content (AvgIpc) is 1.94. The first-order chi connectivity index (χ1) is 5.11. The van der Waals surface area contributed by atoms with Crippen LogP contribution in [-0.2, 0) is 4.79 Å². The molecule has 0 heterocycles. The van der Waals surface area contributed by atoms with Gasteiger partial charge in [0.05, 0.1) is 5.92 Å². The minimum atomic E-state index is -0.784. The number of hydrogen-bond donors (Lipinski definition) is 2. The number of carboxylic acid groups (broad SMARTS) is 1. The van der Waals surface area contributed by atoms with Gasteiger partial charge < -0.3 is 10.8 Å². The normalized spacial score (nSPS) is 37.1. The Hall–Kier alpha value is -0.830. The molecule has 3 atom stereocenters. The van der Waals surface area contributed by atoms with E-state index in [2.05, 4.69) is 0 Å². The minimum absolute atomic E-state index is 0.302. The summed E-state index contributed by atoms with van der Waals surface area (Å²) in [5.74, 6) is -0.834. The molecular formula is C8H13NO2. The monoisotopic (exact) mass is 155 g/mol. The molecule has 0 aromatic rings. The van der Waals surface area contributed by atoms with E-state index in [1.807, 2.05) is 13.0 Å². The fraction of sp³-hybridized carbons (Fsp3) is 0.625. The van der Waals surface area contributed by atoms with Gasteiger partial charge in [0, 0.05) is 6.04 Å². The second-order valence-corrected chi connectivity index (χ2v) is 3.12. The van der Waals surface area contributed by atoms with Gasteiger partial charge in [-0.3, -0.25) is 4.79 Å². The highest BCUT2D eigenvalue weighted by atomic mass is 16.4. The predicted molar refractivity (Wildman–Crippen MR) is 42.0 cm³/mol. The van der Waals surface area contributed by atoms with E-state index in [-0.39, 0.29) is 6.04 Å². The van der Waals surface area contributed by atoms with Crippen molar-refractivity contribution in [2.75, 3.05) is 0 Å². The molecule has 0 saturated carbocycles. The number of carbonyl (C=O) groups is 1. The molecule has 3 heteroatoms. The molecule has 0 aliphatic heterocycles. The molecular weight excluding hydrogens is 142 g/mol. The van der Waals surface area contributed by atoms with Crippen molar-refractivity contribution in [3.8, 4) is 0 Å². The number of rotatable bonds is 1. The number of nitrogens with two attached hydrogens (primary N) is 1. The van der Waals surface area contributed by atoms with Crippen molar-refractivity contribution in [2.45, 2.75) is 19.4 Å². The maximum Gasteiger partial charge on any atom is 0.308 e. The molecule has 3 nitrogen and oxygen atoms in total. The lowest BCUT2D eigenvalue weighted by Gasteiger charge is -2.23. The SMILES string of the molecule is CC1C=CC(N)C(C(=O)O)C1. The highest BCUT2D eigenvalue weighted by Crippen LogP contribution is 2.22. The van der Waals surface area contributed by atoms with Crippen molar-refractivity contribution in [1.29, 1.82) is 0 Å². The standard InChI is InChI=1S/C8H13NO2/c1-5-2-3-7(9)6(4-5)8(10)11/h2-3,5-7H,4,9H2,1H3,(H,10,11). The lowest BCUT2D eigenvalue weighted by molar-refractivity contribution is -0.142. The molecule has 0 bridgehead atoms. The smallest absolute Gasteiger partial charge is 0.308 e. The highest BCUT2D eigenvalue weighted by Gasteiger charge is 2.27. The molecule has 3 N–H and O–H groups in total. The second-order valence-electron chi connectivity index (χ2n) is 3.12.